The molecule has 0 saturated heterocycles. The van der Waals surface area contributed by atoms with E-state index in [1.54, 1.807) is 20.1 Å². The van der Waals surface area contributed by atoms with Crippen LogP contribution in [0.25, 0.3) is 10.8 Å². The normalized spacial score (nSPS) is 13.0. The molecule has 5 nitrogen and oxygen atoms in total. The summed E-state index contributed by atoms with van der Waals surface area (Å²) in [6.45, 7) is 5.35. The molecular weight excluding hydrogens is 318 g/mol. The molecule has 0 saturated carbocycles. The topological polar surface area (TPSA) is 75.6 Å². The Hall–Kier alpha value is -2.82. The van der Waals surface area contributed by atoms with Crippen molar-refractivity contribution in [1.82, 2.24) is 5.32 Å². The summed E-state index contributed by atoms with van der Waals surface area (Å²) in [5, 5.41) is 13.9. The number of benzene rings is 2. The number of fused-ring (bicyclic) bond motifs is 1. The maximum absolute atomic E-state index is 12.4. The van der Waals surface area contributed by atoms with Crippen LogP contribution in [0.5, 0.6) is 5.75 Å². The number of rotatable bonds is 8. The molecule has 0 heterocycles. The maximum Gasteiger partial charge on any atom is 0.326 e. The van der Waals surface area contributed by atoms with Gasteiger partial charge in [0.1, 0.15) is 11.8 Å². The van der Waals surface area contributed by atoms with Gasteiger partial charge in [-0.3, -0.25) is 4.79 Å². The van der Waals surface area contributed by atoms with E-state index in [0.717, 1.165) is 22.1 Å². The molecule has 0 aliphatic heterocycles. The first-order chi connectivity index (χ1) is 12.0. The standard InChI is InChI=1S/C20H23NO4/c1-4-5-6-18(20(23)24)21-19(22)13(2)14-7-8-16-12-17(25-3)10-9-15(16)11-14/h4,7-13,18H,1,5-6H2,2-3H3,(H,21,22)(H,23,24). The summed E-state index contributed by atoms with van der Waals surface area (Å²) in [6.07, 6.45) is 2.50. The Morgan fingerprint density at radius 3 is 2.56 bits per heavy atom. The van der Waals surface area contributed by atoms with Crippen molar-refractivity contribution in [3.05, 3.63) is 54.6 Å². The number of ether oxygens (including phenoxy) is 1. The lowest BCUT2D eigenvalue weighted by Crippen LogP contribution is -2.42. The lowest BCUT2D eigenvalue weighted by Gasteiger charge is -2.18. The molecule has 1 amide bonds. The monoisotopic (exact) mass is 341 g/mol. The number of methoxy groups -OCH3 is 1. The van der Waals surface area contributed by atoms with E-state index in [2.05, 4.69) is 11.9 Å². The van der Waals surface area contributed by atoms with Crippen LogP contribution < -0.4 is 10.1 Å². The van der Waals surface area contributed by atoms with E-state index < -0.39 is 17.9 Å². The first kappa shape index (κ1) is 18.5. The summed E-state index contributed by atoms with van der Waals surface area (Å²) in [5.74, 6) is -1.01. The van der Waals surface area contributed by atoms with E-state index in [1.807, 2.05) is 36.4 Å². The number of carbonyl (C=O) groups excluding carboxylic acids is 1. The van der Waals surface area contributed by atoms with E-state index in [9.17, 15) is 14.7 Å². The number of allylic oxidation sites excluding steroid dienone is 1. The third kappa shape index (κ3) is 4.59. The van der Waals surface area contributed by atoms with Crippen molar-refractivity contribution in [2.24, 2.45) is 0 Å². The van der Waals surface area contributed by atoms with Crippen molar-refractivity contribution in [1.29, 1.82) is 0 Å². The molecule has 0 bridgehead atoms. The van der Waals surface area contributed by atoms with Crippen molar-refractivity contribution >= 4 is 22.6 Å². The van der Waals surface area contributed by atoms with Gasteiger partial charge in [0.25, 0.3) is 0 Å². The van der Waals surface area contributed by atoms with Gasteiger partial charge in [0, 0.05) is 0 Å². The Bertz CT molecular complexity index is 784. The largest absolute Gasteiger partial charge is 0.497 e. The number of nitrogens with one attached hydrogen (secondary N) is 1. The van der Waals surface area contributed by atoms with E-state index in [1.165, 1.54) is 0 Å². The molecule has 0 aliphatic carbocycles. The Morgan fingerprint density at radius 2 is 1.92 bits per heavy atom. The average Bonchev–Trinajstić information content (AvgIpc) is 2.63. The van der Waals surface area contributed by atoms with Gasteiger partial charge in [0.05, 0.1) is 13.0 Å². The van der Waals surface area contributed by atoms with Crippen LogP contribution in [-0.2, 0) is 9.59 Å². The van der Waals surface area contributed by atoms with Crippen molar-refractivity contribution in [2.75, 3.05) is 7.11 Å². The number of hydrogen-bond donors (Lipinski definition) is 2. The molecule has 25 heavy (non-hydrogen) atoms. The minimum absolute atomic E-state index is 0.302. The van der Waals surface area contributed by atoms with Gasteiger partial charge in [-0.15, -0.1) is 6.58 Å². The molecule has 0 fully saturated rings. The van der Waals surface area contributed by atoms with Crippen LogP contribution in [0.15, 0.2) is 49.1 Å². The molecule has 2 atom stereocenters. The van der Waals surface area contributed by atoms with Gasteiger partial charge in [-0.05, 0) is 48.2 Å². The van der Waals surface area contributed by atoms with Crippen LogP contribution in [0.4, 0.5) is 0 Å². The van der Waals surface area contributed by atoms with E-state index in [4.69, 9.17) is 4.74 Å². The van der Waals surface area contributed by atoms with Crippen molar-refractivity contribution in [3.8, 4) is 5.75 Å². The third-order valence-corrected chi connectivity index (χ3v) is 4.24. The average molecular weight is 341 g/mol. The molecule has 0 spiro atoms. The fraction of sp³-hybridized carbons (Fsp3) is 0.300. The van der Waals surface area contributed by atoms with Crippen LogP contribution in [0.2, 0.25) is 0 Å². The summed E-state index contributed by atoms with van der Waals surface area (Å²) in [5.41, 5.74) is 0.836. The number of carbonyl (C=O) groups is 2. The molecule has 0 aromatic heterocycles. The van der Waals surface area contributed by atoms with Gasteiger partial charge in [-0.1, -0.05) is 30.3 Å². The second-order valence-corrected chi connectivity index (χ2v) is 5.96. The SMILES string of the molecule is C=CCCC(NC(=O)C(C)c1ccc2cc(OC)ccc2c1)C(=O)O. The minimum atomic E-state index is -1.03. The maximum atomic E-state index is 12.4. The number of amides is 1. The molecular formula is C20H23NO4. The lowest BCUT2D eigenvalue weighted by molar-refractivity contribution is -0.142. The molecule has 2 unspecified atom stereocenters. The number of aliphatic carboxylic acids is 1. The predicted octanol–water partition coefficient (Wildman–Crippen LogP) is 3.49. The zero-order valence-corrected chi connectivity index (χ0v) is 14.5. The van der Waals surface area contributed by atoms with E-state index in [0.29, 0.717) is 12.8 Å². The van der Waals surface area contributed by atoms with Gasteiger partial charge in [-0.2, -0.15) is 0 Å². The Balaban J connectivity index is 2.16. The van der Waals surface area contributed by atoms with Crippen LogP contribution in [-0.4, -0.2) is 30.1 Å². The van der Waals surface area contributed by atoms with Gasteiger partial charge in [0.15, 0.2) is 0 Å². The van der Waals surface area contributed by atoms with Gasteiger partial charge in [0.2, 0.25) is 5.91 Å². The molecule has 2 N–H and O–H groups in total. The molecule has 2 aromatic carbocycles. The Labute approximate surface area is 147 Å². The van der Waals surface area contributed by atoms with Crippen molar-refractivity contribution < 1.29 is 19.4 Å². The van der Waals surface area contributed by atoms with Gasteiger partial charge >= 0.3 is 5.97 Å². The predicted molar refractivity (Wildman–Crippen MR) is 97.9 cm³/mol. The van der Waals surface area contributed by atoms with Crippen LogP contribution in [0, 0.1) is 0 Å². The van der Waals surface area contributed by atoms with Crippen LogP contribution in [0.3, 0.4) is 0 Å². The van der Waals surface area contributed by atoms with Gasteiger partial charge in [-0.25, -0.2) is 4.79 Å². The highest BCUT2D eigenvalue weighted by Gasteiger charge is 2.23. The summed E-state index contributed by atoms with van der Waals surface area (Å²) in [6, 6.07) is 10.6. The third-order valence-electron chi connectivity index (χ3n) is 4.24. The highest BCUT2D eigenvalue weighted by atomic mass is 16.5. The van der Waals surface area contributed by atoms with Crippen molar-refractivity contribution in [2.45, 2.75) is 31.7 Å². The molecule has 5 heteroatoms. The minimum Gasteiger partial charge on any atom is -0.497 e. The Morgan fingerprint density at radius 1 is 1.24 bits per heavy atom. The summed E-state index contributed by atoms with van der Waals surface area (Å²) in [4.78, 5) is 23.7. The molecule has 0 radical (unpaired) electrons. The first-order valence-electron chi connectivity index (χ1n) is 8.18. The van der Waals surface area contributed by atoms with Crippen LogP contribution in [0.1, 0.15) is 31.2 Å². The number of carboxylic acids is 1. The lowest BCUT2D eigenvalue weighted by atomic mass is 9.96. The summed E-state index contributed by atoms with van der Waals surface area (Å²) in [7, 11) is 1.62. The highest BCUT2D eigenvalue weighted by Crippen LogP contribution is 2.25. The van der Waals surface area contributed by atoms with Gasteiger partial charge < -0.3 is 15.2 Å². The second-order valence-electron chi connectivity index (χ2n) is 5.96. The fourth-order valence-electron chi connectivity index (χ4n) is 2.63. The smallest absolute Gasteiger partial charge is 0.326 e. The molecule has 0 aliphatic rings. The summed E-state index contributed by atoms with van der Waals surface area (Å²) >= 11 is 0. The van der Waals surface area contributed by atoms with Crippen LogP contribution >= 0.6 is 0 Å². The second kappa shape index (κ2) is 8.33. The number of carboxylic acid groups (broad SMARTS) is 1. The highest BCUT2D eigenvalue weighted by molar-refractivity contribution is 5.90. The quantitative estimate of drug-likeness (QED) is 0.721. The molecule has 2 rings (SSSR count). The zero-order chi connectivity index (χ0) is 18.4. The van der Waals surface area contributed by atoms with Crippen molar-refractivity contribution in [3.63, 3.8) is 0 Å². The number of hydrogen-bond acceptors (Lipinski definition) is 3. The summed E-state index contributed by atoms with van der Waals surface area (Å²) < 4.78 is 5.21. The van der Waals surface area contributed by atoms with E-state index >= 15 is 0 Å². The Kier molecular flexibility index (Phi) is 6.17. The molecule has 2 aromatic rings. The fourth-order valence-corrected chi connectivity index (χ4v) is 2.63. The first-order valence-corrected chi connectivity index (χ1v) is 8.18. The zero-order valence-electron chi connectivity index (χ0n) is 14.5. The van der Waals surface area contributed by atoms with E-state index in [-0.39, 0.29) is 5.91 Å². The molecule has 132 valence electrons.